The monoisotopic (exact) mass is 706 g/mol. The fourth-order valence-electron chi connectivity index (χ4n) is 9.00. The number of anilines is 3. The van der Waals surface area contributed by atoms with Crippen LogP contribution in [0.4, 0.5) is 17.1 Å². The normalized spacial score (nSPS) is 26.4. The molecular formula is C43H38N4O6. The van der Waals surface area contributed by atoms with Crippen LogP contribution in [0.2, 0.25) is 0 Å². The summed E-state index contributed by atoms with van der Waals surface area (Å²) in [5.41, 5.74) is 3.51. The summed E-state index contributed by atoms with van der Waals surface area (Å²) in [6, 6.07) is 38.5. The lowest BCUT2D eigenvalue weighted by Gasteiger charge is -2.46. The molecule has 4 aliphatic rings. The van der Waals surface area contributed by atoms with Crippen LogP contribution in [0.3, 0.4) is 0 Å². The molecule has 3 fully saturated rings. The zero-order valence-electron chi connectivity index (χ0n) is 28.8. The van der Waals surface area contributed by atoms with E-state index >= 15 is 9.59 Å². The number of fused-ring (bicyclic) bond motifs is 3. The number of esters is 1. The number of ether oxygens (including phenoxy) is 2. The van der Waals surface area contributed by atoms with Crippen molar-refractivity contribution in [3.05, 3.63) is 156 Å². The second-order valence-corrected chi connectivity index (χ2v) is 14.0. The molecule has 0 aliphatic carbocycles. The average Bonchev–Trinajstić information content (AvgIpc) is 3.68. The number of nitrogens with one attached hydrogen (secondary N) is 2. The smallest absolute Gasteiger partial charge is 0.324 e. The van der Waals surface area contributed by atoms with Gasteiger partial charge >= 0.3 is 5.97 Å². The van der Waals surface area contributed by atoms with Crippen molar-refractivity contribution < 1.29 is 29.0 Å². The highest BCUT2D eigenvalue weighted by molar-refractivity contribution is 6.13. The van der Waals surface area contributed by atoms with E-state index in [0.29, 0.717) is 35.7 Å². The van der Waals surface area contributed by atoms with Crippen molar-refractivity contribution in [1.29, 1.82) is 0 Å². The fraction of sp³-hybridized carbons (Fsp3) is 0.233. The number of nitrogens with zero attached hydrogens (tertiary/aromatic N) is 2. The summed E-state index contributed by atoms with van der Waals surface area (Å²) in [5, 5.41) is 16.6. The minimum atomic E-state index is -1.58. The van der Waals surface area contributed by atoms with E-state index in [1.165, 1.54) is 0 Å². The Morgan fingerprint density at radius 2 is 1.38 bits per heavy atom. The van der Waals surface area contributed by atoms with Gasteiger partial charge in [0.2, 0.25) is 11.8 Å². The maximum absolute atomic E-state index is 15.2. The quantitative estimate of drug-likeness (QED) is 0.180. The second-order valence-electron chi connectivity index (χ2n) is 14.0. The van der Waals surface area contributed by atoms with E-state index in [1.54, 1.807) is 24.3 Å². The highest BCUT2D eigenvalue weighted by Gasteiger charge is 2.74. The van der Waals surface area contributed by atoms with Crippen molar-refractivity contribution in [3.63, 3.8) is 0 Å². The SMILES string of the molecule is O=C1O[C@@H](c2ccccc2)[C@@H](c2ccccc2)N2[C@@H](c3ccc(O)cc3)[C@]3(C(=O)Nc4ccccc43)[C@@H](C(=O)Nc3ccc(N4CCOCC4)cc3)[C@H]12. The van der Waals surface area contributed by atoms with Crippen LogP contribution < -0.4 is 15.5 Å². The molecule has 6 atom stereocenters. The molecule has 0 saturated carbocycles. The molecule has 2 amide bonds. The van der Waals surface area contributed by atoms with Crippen LogP contribution in [0.5, 0.6) is 5.75 Å². The third kappa shape index (κ3) is 5.36. The number of rotatable bonds is 6. The summed E-state index contributed by atoms with van der Waals surface area (Å²) in [6.07, 6.45) is -0.756. The molecule has 3 saturated heterocycles. The average molecular weight is 707 g/mol. The van der Waals surface area contributed by atoms with Crippen molar-refractivity contribution in [3.8, 4) is 5.75 Å². The number of morpholine rings is 2. The standard InChI is InChI=1S/C43H38N4O6/c48-32-21-15-29(16-22-32)39-43(33-13-7-8-14-34(33)45-42(43)51)35(40(49)44-30-17-19-31(20-18-30)46-23-25-52-26-24-46)37-41(50)53-38(28-11-5-2-6-12-28)36(47(37)39)27-9-3-1-4-10-27/h1-22,35-39,48H,23-26H2,(H,44,49)(H,45,51)/t35-,36-,37-,38+,39+,43-/m1/s1. The Kier molecular flexibility index (Phi) is 8.21. The lowest BCUT2D eigenvalue weighted by Crippen LogP contribution is -2.53. The Morgan fingerprint density at radius 1 is 0.736 bits per heavy atom. The molecule has 5 aromatic rings. The van der Waals surface area contributed by atoms with E-state index < -0.39 is 47.4 Å². The Morgan fingerprint density at radius 3 is 2.08 bits per heavy atom. The molecule has 0 radical (unpaired) electrons. The first-order chi connectivity index (χ1) is 25.9. The number of carbonyl (C=O) groups is 3. The molecule has 9 rings (SSSR count). The molecule has 4 heterocycles. The van der Waals surface area contributed by atoms with Gasteiger partial charge in [0.05, 0.1) is 31.2 Å². The molecule has 4 aliphatic heterocycles. The van der Waals surface area contributed by atoms with Crippen LogP contribution in [0, 0.1) is 5.92 Å². The van der Waals surface area contributed by atoms with Crippen LogP contribution in [0.25, 0.3) is 0 Å². The van der Waals surface area contributed by atoms with E-state index in [9.17, 15) is 9.90 Å². The van der Waals surface area contributed by atoms with Gasteiger partial charge in [0.1, 0.15) is 23.3 Å². The number of phenolic OH excluding ortho intramolecular Hbond substituents is 1. The minimum absolute atomic E-state index is 0.0586. The summed E-state index contributed by atoms with van der Waals surface area (Å²) >= 11 is 0. The number of phenols is 1. The van der Waals surface area contributed by atoms with E-state index in [2.05, 4.69) is 15.5 Å². The van der Waals surface area contributed by atoms with Gasteiger partial charge in [-0.05, 0) is 64.7 Å². The zero-order valence-corrected chi connectivity index (χ0v) is 28.8. The van der Waals surface area contributed by atoms with Crippen LogP contribution >= 0.6 is 0 Å². The maximum Gasteiger partial charge on any atom is 0.324 e. The van der Waals surface area contributed by atoms with Crippen LogP contribution in [-0.4, -0.2) is 60.1 Å². The molecule has 0 bridgehead atoms. The zero-order chi connectivity index (χ0) is 36.1. The molecule has 0 aromatic heterocycles. The molecule has 1 spiro atoms. The van der Waals surface area contributed by atoms with Gasteiger partial charge in [-0.2, -0.15) is 0 Å². The van der Waals surface area contributed by atoms with Gasteiger partial charge in [-0.15, -0.1) is 0 Å². The predicted molar refractivity (Wildman–Crippen MR) is 199 cm³/mol. The van der Waals surface area contributed by atoms with Gasteiger partial charge < -0.3 is 30.1 Å². The van der Waals surface area contributed by atoms with Gasteiger partial charge in [0.15, 0.2) is 0 Å². The van der Waals surface area contributed by atoms with Crippen LogP contribution in [-0.2, 0) is 29.3 Å². The lowest BCUT2D eigenvalue weighted by molar-refractivity contribution is -0.177. The highest BCUT2D eigenvalue weighted by atomic mass is 16.6. The number of para-hydroxylation sites is 1. The first-order valence-electron chi connectivity index (χ1n) is 18.0. The maximum atomic E-state index is 15.2. The molecule has 0 unspecified atom stereocenters. The molecule has 10 nitrogen and oxygen atoms in total. The van der Waals surface area contributed by atoms with Gasteiger partial charge in [-0.3, -0.25) is 19.3 Å². The van der Waals surface area contributed by atoms with Gasteiger partial charge in [0, 0.05) is 30.2 Å². The summed E-state index contributed by atoms with van der Waals surface area (Å²) in [6.45, 7) is 2.85. The number of hydrogen-bond donors (Lipinski definition) is 3. The van der Waals surface area contributed by atoms with E-state index in [1.807, 2.05) is 114 Å². The van der Waals surface area contributed by atoms with Crippen molar-refractivity contribution in [2.75, 3.05) is 41.8 Å². The fourth-order valence-corrected chi connectivity index (χ4v) is 9.00. The summed E-state index contributed by atoms with van der Waals surface area (Å²) in [4.78, 5) is 49.2. The molecule has 10 heteroatoms. The van der Waals surface area contributed by atoms with Gasteiger partial charge in [-0.1, -0.05) is 91.0 Å². The van der Waals surface area contributed by atoms with E-state index in [0.717, 1.165) is 29.9 Å². The first-order valence-corrected chi connectivity index (χ1v) is 18.0. The third-order valence-corrected chi connectivity index (χ3v) is 11.2. The molecule has 266 valence electrons. The summed E-state index contributed by atoms with van der Waals surface area (Å²) in [7, 11) is 0. The third-order valence-electron chi connectivity index (χ3n) is 11.2. The Labute approximate surface area is 307 Å². The minimum Gasteiger partial charge on any atom is -0.508 e. The van der Waals surface area contributed by atoms with E-state index in [4.69, 9.17) is 9.47 Å². The Balaban J connectivity index is 1.24. The summed E-state index contributed by atoms with van der Waals surface area (Å²) < 4.78 is 12.0. The highest BCUT2D eigenvalue weighted by Crippen LogP contribution is 2.64. The number of amides is 2. The van der Waals surface area contributed by atoms with Crippen molar-refractivity contribution in [2.24, 2.45) is 5.92 Å². The molecular weight excluding hydrogens is 668 g/mol. The summed E-state index contributed by atoms with van der Waals surface area (Å²) in [5.74, 6) is -2.62. The number of benzene rings is 5. The van der Waals surface area contributed by atoms with Crippen LogP contribution in [0.1, 0.15) is 40.4 Å². The van der Waals surface area contributed by atoms with Crippen molar-refractivity contribution in [2.45, 2.75) is 29.6 Å². The molecule has 5 aromatic carbocycles. The number of carbonyl (C=O) groups excluding carboxylic acids is 3. The second kappa shape index (κ2) is 13.2. The number of aromatic hydroxyl groups is 1. The van der Waals surface area contributed by atoms with Crippen LogP contribution in [0.15, 0.2) is 133 Å². The molecule has 53 heavy (non-hydrogen) atoms. The lowest BCUT2D eigenvalue weighted by atomic mass is 9.65. The van der Waals surface area contributed by atoms with E-state index in [-0.39, 0.29) is 11.7 Å². The largest absolute Gasteiger partial charge is 0.508 e. The first kappa shape index (κ1) is 32.9. The molecule has 3 N–H and O–H groups in total. The Bertz CT molecular complexity index is 2160. The van der Waals surface area contributed by atoms with Gasteiger partial charge in [0.25, 0.3) is 0 Å². The Hall–Kier alpha value is -5.97. The number of hydrogen-bond acceptors (Lipinski definition) is 8. The number of cyclic esters (lactones) is 1. The van der Waals surface area contributed by atoms with Gasteiger partial charge in [-0.25, -0.2) is 0 Å². The van der Waals surface area contributed by atoms with Crippen molar-refractivity contribution >= 4 is 34.8 Å². The predicted octanol–water partition coefficient (Wildman–Crippen LogP) is 6.14. The van der Waals surface area contributed by atoms with Crippen molar-refractivity contribution in [1.82, 2.24) is 4.90 Å². The topological polar surface area (TPSA) is 120 Å².